The molecule has 2 aromatic carbocycles. The Morgan fingerprint density at radius 2 is 1.51 bits per heavy atom. The maximum Gasteiger partial charge on any atom is 0.408 e. The lowest BCUT2D eigenvalue weighted by Gasteiger charge is -2.29. The molecule has 17 nitrogen and oxygen atoms in total. The second-order valence-electron chi connectivity index (χ2n) is 15.0. The standard InChI is InChI=1S/C40H55N7O10/c1-8-25(4)35(38(52)56-24(2)3)46-34(49)21-33(48)30(18-27-14-16-29(17-15-27)47(54)55)43-37(51)32(20-28-22-41-23-42-28)44-36(50)31(19-26-12-10-9-11-13-26)45-39(53)57-40(5,6)7/h9-17,22-25,30-33,35,48H,8,18-21H2,1-7H3,(H,41,42)(H,43,51)(H,44,50)(H,45,53)(H,46,49)/t25-,30-,31-,32-,33-,35-/m0/s1/i21D/t21?,25-,30-,31-,32-,33-,35-. The first-order valence-electron chi connectivity index (χ1n) is 19.3. The van der Waals surface area contributed by atoms with Crippen molar-refractivity contribution in [2.24, 2.45) is 5.92 Å². The summed E-state index contributed by atoms with van der Waals surface area (Å²) in [6.07, 6.45) is -2.21. The molecule has 1 aromatic heterocycles. The lowest BCUT2D eigenvalue weighted by atomic mass is 9.96. The van der Waals surface area contributed by atoms with Gasteiger partial charge in [-0.3, -0.25) is 24.5 Å². The number of nitrogens with zero attached hydrogens (tertiary/aromatic N) is 2. The molecule has 3 rings (SSSR count). The van der Waals surface area contributed by atoms with Gasteiger partial charge in [0.25, 0.3) is 5.69 Å². The van der Waals surface area contributed by atoms with E-state index in [-0.39, 0.29) is 24.9 Å². The Morgan fingerprint density at radius 1 is 0.895 bits per heavy atom. The fourth-order valence-electron chi connectivity index (χ4n) is 5.60. The third-order valence-electron chi connectivity index (χ3n) is 8.68. The van der Waals surface area contributed by atoms with Crippen molar-refractivity contribution in [2.75, 3.05) is 0 Å². The van der Waals surface area contributed by atoms with Crippen molar-refractivity contribution >= 4 is 35.5 Å². The number of nitrogens with one attached hydrogen (secondary N) is 5. The Balaban J connectivity index is 1.96. The van der Waals surface area contributed by atoms with Gasteiger partial charge < -0.3 is 40.8 Å². The third-order valence-corrected chi connectivity index (χ3v) is 8.68. The summed E-state index contributed by atoms with van der Waals surface area (Å²) >= 11 is 0. The van der Waals surface area contributed by atoms with Crippen molar-refractivity contribution in [1.29, 1.82) is 0 Å². The average Bonchev–Trinajstić information content (AvgIpc) is 3.68. The van der Waals surface area contributed by atoms with Crippen LogP contribution in [0.1, 0.15) is 79.5 Å². The van der Waals surface area contributed by atoms with E-state index in [2.05, 4.69) is 31.2 Å². The number of aromatic nitrogens is 2. The van der Waals surface area contributed by atoms with Gasteiger partial charge in [-0.05, 0) is 58.1 Å². The number of imidazole rings is 1. The molecule has 3 aromatic rings. The molecule has 0 aliphatic rings. The van der Waals surface area contributed by atoms with E-state index in [4.69, 9.17) is 10.8 Å². The van der Waals surface area contributed by atoms with Gasteiger partial charge >= 0.3 is 12.1 Å². The van der Waals surface area contributed by atoms with E-state index in [1.807, 2.05) is 6.92 Å². The Kier molecular flexibility index (Phi) is 16.5. The molecule has 0 spiro atoms. The van der Waals surface area contributed by atoms with Crippen LogP contribution >= 0.6 is 0 Å². The molecule has 0 saturated heterocycles. The molecule has 0 aliphatic carbocycles. The number of aliphatic hydroxyl groups is 1. The van der Waals surface area contributed by atoms with Crippen LogP contribution in [0.15, 0.2) is 67.1 Å². The van der Waals surface area contributed by atoms with Crippen LogP contribution < -0.4 is 21.3 Å². The third kappa shape index (κ3) is 15.7. The Labute approximate surface area is 333 Å². The number of carbonyl (C=O) groups excluding carboxylic acids is 5. The molecule has 0 radical (unpaired) electrons. The van der Waals surface area contributed by atoms with Crippen molar-refractivity contribution in [3.63, 3.8) is 0 Å². The van der Waals surface area contributed by atoms with Gasteiger partial charge in [-0.2, -0.15) is 0 Å². The maximum absolute atomic E-state index is 14.2. The fourth-order valence-corrected chi connectivity index (χ4v) is 5.60. The molecule has 7 atom stereocenters. The van der Waals surface area contributed by atoms with Crippen LogP contribution in [0, 0.1) is 16.0 Å². The van der Waals surface area contributed by atoms with Crippen LogP contribution in [-0.4, -0.2) is 91.8 Å². The number of benzene rings is 2. The Morgan fingerprint density at radius 3 is 2.07 bits per heavy atom. The summed E-state index contributed by atoms with van der Waals surface area (Å²) in [6.45, 7) is 11.8. The summed E-state index contributed by atoms with van der Waals surface area (Å²) in [5.41, 5.74) is 0.459. The van der Waals surface area contributed by atoms with Crippen molar-refractivity contribution in [2.45, 2.75) is 123 Å². The molecule has 17 heteroatoms. The lowest BCUT2D eigenvalue weighted by molar-refractivity contribution is -0.384. The van der Waals surface area contributed by atoms with E-state index in [1.54, 1.807) is 71.9 Å². The number of non-ortho nitro benzene ring substituents is 1. The molecule has 0 saturated carbocycles. The second-order valence-corrected chi connectivity index (χ2v) is 15.0. The highest BCUT2D eigenvalue weighted by molar-refractivity contribution is 5.92. The number of aromatic amines is 1. The molecule has 1 unspecified atom stereocenters. The van der Waals surface area contributed by atoms with E-state index in [1.165, 1.54) is 36.8 Å². The Bertz CT molecular complexity index is 1820. The quantitative estimate of drug-likeness (QED) is 0.0550. The summed E-state index contributed by atoms with van der Waals surface area (Å²) in [5.74, 6) is -3.70. The van der Waals surface area contributed by atoms with Crippen LogP contribution in [0.4, 0.5) is 10.5 Å². The van der Waals surface area contributed by atoms with E-state index < -0.39 is 89.0 Å². The van der Waals surface area contributed by atoms with Crippen LogP contribution in [0.3, 0.4) is 0 Å². The topological polar surface area (TPSA) is 244 Å². The van der Waals surface area contributed by atoms with E-state index >= 15 is 0 Å². The van der Waals surface area contributed by atoms with E-state index in [0.717, 1.165) is 0 Å². The first kappa shape index (κ1) is 43.9. The first-order valence-corrected chi connectivity index (χ1v) is 18.7. The zero-order valence-electron chi connectivity index (χ0n) is 34.3. The molecular weight excluding hydrogens is 738 g/mol. The number of amides is 4. The van der Waals surface area contributed by atoms with Crippen LogP contribution in [-0.2, 0) is 47.9 Å². The number of aliphatic hydroxyl groups excluding tert-OH is 1. The normalized spacial score (nSPS) is 15.4. The molecule has 0 fully saturated rings. The highest BCUT2D eigenvalue weighted by Crippen LogP contribution is 2.17. The van der Waals surface area contributed by atoms with Gasteiger partial charge in [0.1, 0.15) is 23.7 Å². The van der Waals surface area contributed by atoms with Gasteiger partial charge in [-0.25, -0.2) is 14.6 Å². The van der Waals surface area contributed by atoms with Crippen LogP contribution in [0.2, 0.25) is 0 Å². The second kappa shape index (κ2) is 21.5. The minimum Gasteiger partial charge on any atom is -0.461 e. The zero-order valence-corrected chi connectivity index (χ0v) is 33.3. The summed E-state index contributed by atoms with van der Waals surface area (Å²) in [4.78, 5) is 85.1. The van der Waals surface area contributed by atoms with Crippen molar-refractivity contribution in [3.05, 3.63) is 94.1 Å². The average molecular weight is 795 g/mol. The SMILES string of the molecule is [2H]C(C(=O)N[C@H](C(=O)OC(C)C)[C@@H](C)CC)[C@H](O)[C@H](Cc1ccc([N+](=O)[O-])cc1)NC(=O)[C@H](Cc1cnc[nH]1)NC(=O)[C@H](Cc1ccccc1)NC(=O)OC(C)(C)C. The number of hydrogen-bond acceptors (Lipinski definition) is 11. The number of carbonyl (C=O) groups is 5. The molecule has 0 aliphatic heterocycles. The number of rotatable bonds is 20. The minimum absolute atomic E-state index is 0.0315. The van der Waals surface area contributed by atoms with Gasteiger partial charge in [-0.1, -0.05) is 62.7 Å². The number of nitro groups is 1. The Hall–Kier alpha value is -5.84. The van der Waals surface area contributed by atoms with Gasteiger partial charge in [0.05, 0.1) is 35.9 Å². The predicted octanol–water partition coefficient (Wildman–Crippen LogP) is 3.44. The summed E-state index contributed by atoms with van der Waals surface area (Å²) < 4.78 is 19.5. The molecule has 1 heterocycles. The molecule has 57 heavy (non-hydrogen) atoms. The number of ether oxygens (including phenoxy) is 2. The first-order chi connectivity index (χ1) is 27.3. The number of H-pyrrole nitrogens is 1. The predicted molar refractivity (Wildman–Crippen MR) is 209 cm³/mol. The van der Waals surface area contributed by atoms with Gasteiger partial charge in [-0.15, -0.1) is 0 Å². The number of alkyl carbamates (subject to hydrolysis) is 1. The highest BCUT2D eigenvalue weighted by atomic mass is 16.6. The molecule has 0 bridgehead atoms. The van der Waals surface area contributed by atoms with E-state index in [0.29, 0.717) is 23.2 Å². The van der Waals surface area contributed by atoms with Crippen LogP contribution in [0.25, 0.3) is 0 Å². The molecule has 310 valence electrons. The van der Waals surface area contributed by atoms with Gasteiger partial charge in [0.15, 0.2) is 0 Å². The number of nitro benzene ring substituents is 1. The molecular formula is C40H55N7O10. The largest absolute Gasteiger partial charge is 0.461 e. The van der Waals surface area contributed by atoms with Crippen LogP contribution in [0.5, 0.6) is 0 Å². The van der Waals surface area contributed by atoms with Crippen molar-refractivity contribution < 1.29 is 44.8 Å². The van der Waals surface area contributed by atoms with Gasteiger partial charge in [0.2, 0.25) is 17.7 Å². The molecule has 6 N–H and O–H groups in total. The number of esters is 1. The fraction of sp³-hybridized carbons (Fsp3) is 0.500. The highest BCUT2D eigenvalue weighted by Gasteiger charge is 2.34. The number of hydrogen-bond donors (Lipinski definition) is 6. The zero-order chi connectivity index (χ0) is 43.2. The lowest BCUT2D eigenvalue weighted by Crippen LogP contribution is -2.58. The summed E-state index contributed by atoms with van der Waals surface area (Å²) in [6, 6.07) is 9.05. The van der Waals surface area contributed by atoms with E-state index in [9.17, 15) is 39.2 Å². The smallest absolute Gasteiger partial charge is 0.408 e. The maximum atomic E-state index is 14.2. The summed E-state index contributed by atoms with van der Waals surface area (Å²) in [7, 11) is 0. The minimum atomic E-state index is -1.95. The monoisotopic (exact) mass is 794 g/mol. The van der Waals surface area contributed by atoms with Crippen molar-refractivity contribution in [3.8, 4) is 0 Å². The van der Waals surface area contributed by atoms with Gasteiger partial charge in [0, 0.05) is 38.2 Å². The molecule has 4 amide bonds. The summed E-state index contributed by atoms with van der Waals surface area (Å²) in [5, 5.41) is 33.4. The van der Waals surface area contributed by atoms with Crippen molar-refractivity contribution in [1.82, 2.24) is 31.2 Å².